The van der Waals surface area contributed by atoms with Gasteiger partial charge in [-0.25, -0.2) is 4.79 Å². The summed E-state index contributed by atoms with van der Waals surface area (Å²) in [6, 6.07) is 6.84. The molecule has 0 saturated carbocycles. The van der Waals surface area contributed by atoms with Gasteiger partial charge in [-0.2, -0.15) is 0 Å². The zero-order valence-electron chi connectivity index (χ0n) is 18.0. The number of hydrogen-bond acceptors (Lipinski definition) is 5. The van der Waals surface area contributed by atoms with Crippen LogP contribution in [0.4, 0.5) is 10.5 Å². The second-order valence-electron chi connectivity index (χ2n) is 6.39. The number of amides is 1. The molecule has 0 bridgehead atoms. The van der Waals surface area contributed by atoms with E-state index < -0.39 is 11.7 Å². The van der Waals surface area contributed by atoms with Crippen LogP contribution >= 0.6 is 11.3 Å². The van der Waals surface area contributed by atoms with E-state index in [4.69, 9.17) is 9.84 Å². The molecule has 0 atom stereocenters. The van der Waals surface area contributed by atoms with Gasteiger partial charge in [-0.1, -0.05) is 52.0 Å². The lowest BCUT2D eigenvalue weighted by molar-refractivity contribution is 0.0635. The number of carbonyl (C=O) groups is 2. The van der Waals surface area contributed by atoms with Crippen LogP contribution in [0.15, 0.2) is 35.0 Å². The van der Waals surface area contributed by atoms with E-state index in [2.05, 4.69) is 5.32 Å². The molecule has 0 aliphatic heterocycles. The summed E-state index contributed by atoms with van der Waals surface area (Å²) in [5, 5.41) is 15.3. The number of hydrogen-bond donors (Lipinski definition) is 2. The van der Waals surface area contributed by atoms with Gasteiger partial charge in [0, 0.05) is 17.4 Å². The van der Waals surface area contributed by atoms with Crippen molar-refractivity contribution in [2.75, 3.05) is 5.32 Å². The van der Waals surface area contributed by atoms with Gasteiger partial charge in [0.15, 0.2) is 5.78 Å². The standard InChI is InChI=1S/C18H21NO4S.2C2H6/c1-18(2,3)23-17(22)19-15-11-24-10-14(15)8-16(21)13-6-4-12(9-20)5-7-13;2*1-2/h4-7,10-11,20H,8-9H2,1-3H3,(H,19,22);2*1-2H3. The first-order valence-corrected chi connectivity index (χ1v) is 10.5. The lowest BCUT2D eigenvalue weighted by Gasteiger charge is -2.19. The van der Waals surface area contributed by atoms with E-state index in [1.54, 1.807) is 50.4 Å². The number of thiophene rings is 1. The minimum absolute atomic E-state index is 0.0508. The molecule has 2 rings (SSSR count). The van der Waals surface area contributed by atoms with Crippen molar-refractivity contribution < 1.29 is 19.4 Å². The third-order valence-corrected chi connectivity index (χ3v) is 3.98. The Morgan fingerprint density at radius 3 is 2.11 bits per heavy atom. The molecule has 0 unspecified atom stereocenters. The monoisotopic (exact) mass is 407 g/mol. The summed E-state index contributed by atoms with van der Waals surface area (Å²) in [6.07, 6.45) is -0.352. The van der Waals surface area contributed by atoms with Crippen molar-refractivity contribution in [3.8, 4) is 0 Å². The van der Waals surface area contributed by atoms with E-state index in [0.29, 0.717) is 11.3 Å². The van der Waals surface area contributed by atoms with Gasteiger partial charge < -0.3 is 9.84 Å². The van der Waals surface area contributed by atoms with E-state index >= 15 is 0 Å². The average molecular weight is 408 g/mol. The number of rotatable bonds is 5. The quantitative estimate of drug-likeness (QED) is 0.590. The SMILES string of the molecule is CC.CC.CC(C)(C)OC(=O)Nc1cscc1CC(=O)c1ccc(CO)cc1. The van der Waals surface area contributed by atoms with Gasteiger partial charge in [0.1, 0.15) is 5.60 Å². The average Bonchev–Trinajstić information content (AvgIpc) is 3.10. The van der Waals surface area contributed by atoms with Crippen LogP contribution in [-0.2, 0) is 17.8 Å². The summed E-state index contributed by atoms with van der Waals surface area (Å²) in [5.74, 6) is -0.0508. The molecule has 5 nitrogen and oxygen atoms in total. The van der Waals surface area contributed by atoms with E-state index in [1.165, 1.54) is 11.3 Å². The number of ketones is 1. The molecule has 1 heterocycles. The molecule has 0 aliphatic rings. The highest BCUT2D eigenvalue weighted by Gasteiger charge is 2.18. The Balaban J connectivity index is 0.00000171. The fourth-order valence-electron chi connectivity index (χ4n) is 2.05. The van der Waals surface area contributed by atoms with Gasteiger partial charge in [0.2, 0.25) is 0 Å². The molecule has 1 aromatic carbocycles. The summed E-state index contributed by atoms with van der Waals surface area (Å²) in [6.45, 7) is 13.3. The van der Waals surface area contributed by atoms with Crippen molar-refractivity contribution in [3.05, 3.63) is 51.7 Å². The smallest absolute Gasteiger partial charge is 0.412 e. The molecule has 156 valence electrons. The van der Waals surface area contributed by atoms with Crippen LogP contribution in [-0.4, -0.2) is 22.6 Å². The third-order valence-electron chi connectivity index (χ3n) is 3.19. The number of ether oxygens (including phenoxy) is 1. The van der Waals surface area contributed by atoms with Crippen molar-refractivity contribution >= 4 is 28.9 Å². The molecule has 0 aliphatic carbocycles. The summed E-state index contributed by atoms with van der Waals surface area (Å²) >= 11 is 1.41. The minimum Gasteiger partial charge on any atom is -0.444 e. The number of nitrogens with one attached hydrogen (secondary N) is 1. The Labute approximate surface area is 172 Å². The number of aliphatic hydroxyl groups is 1. The van der Waals surface area contributed by atoms with Crippen LogP contribution in [0.5, 0.6) is 0 Å². The highest BCUT2D eigenvalue weighted by Crippen LogP contribution is 2.23. The molecule has 2 N–H and O–H groups in total. The summed E-state index contributed by atoms with van der Waals surface area (Å²) in [7, 11) is 0. The maximum absolute atomic E-state index is 12.4. The largest absolute Gasteiger partial charge is 0.444 e. The van der Waals surface area contributed by atoms with Crippen molar-refractivity contribution in [1.29, 1.82) is 0 Å². The van der Waals surface area contributed by atoms with Crippen LogP contribution in [0.1, 0.15) is 70.0 Å². The molecule has 0 saturated heterocycles. The second kappa shape index (κ2) is 13.1. The van der Waals surface area contributed by atoms with Crippen LogP contribution in [0, 0.1) is 0 Å². The van der Waals surface area contributed by atoms with Gasteiger partial charge in [0.25, 0.3) is 0 Å². The fourth-order valence-corrected chi connectivity index (χ4v) is 2.84. The van der Waals surface area contributed by atoms with Crippen molar-refractivity contribution in [2.24, 2.45) is 0 Å². The number of carbonyl (C=O) groups excluding carboxylic acids is 2. The normalized spacial score (nSPS) is 10.0. The Hall–Kier alpha value is -2.18. The third kappa shape index (κ3) is 9.15. The number of benzene rings is 1. The molecule has 6 heteroatoms. The summed E-state index contributed by atoms with van der Waals surface area (Å²) in [5.41, 5.74) is 2.09. The summed E-state index contributed by atoms with van der Waals surface area (Å²) < 4.78 is 5.23. The first-order valence-electron chi connectivity index (χ1n) is 9.56. The fraction of sp³-hybridized carbons (Fsp3) is 0.455. The van der Waals surface area contributed by atoms with E-state index in [1.807, 2.05) is 33.1 Å². The van der Waals surface area contributed by atoms with Gasteiger partial charge in [-0.15, -0.1) is 11.3 Å². The van der Waals surface area contributed by atoms with E-state index in [0.717, 1.165) is 11.1 Å². The van der Waals surface area contributed by atoms with Crippen molar-refractivity contribution in [2.45, 2.75) is 67.1 Å². The van der Waals surface area contributed by atoms with Crippen molar-refractivity contribution in [1.82, 2.24) is 0 Å². The number of anilines is 1. The minimum atomic E-state index is -0.579. The maximum atomic E-state index is 12.4. The lowest BCUT2D eigenvalue weighted by atomic mass is 10.0. The van der Waals surface area contributed by atoms with Crippen LogP contribution < -0.4 is 5.32 Å². The van der Waals surface area contributed by atoms with E-state index in [-0.39, 0.29) is 18.8 Å². The first kappa shape index (κ1) is 25.8. The predicted octanol–water partition coefficient (Wildman–Crippen LogP) is 6.07. The van der Waals surface area contributed by atoms with Gasteiger partial charge >= 0.3 is 6.09 Å². The molecule has 0 spiro atoms. The Morgan fingerprint density at radius 2 is 1.61 bits per heavy atom. The molecule has 0 radical (unpaired) electrons. The zero-order chi connectivity index (χ0) is 21.7. The van der Waals surface area contributed by atoms with Gasteiger partial charge in [-0.05, 0) is 37.3 Å². The highest BCUT2D eigenvalue weighted by atomic mass is 32.1. The lowest BCUT2D eigenvalue weighted by Crippen LogP contribution is -2.27. The maximum Gasteiger partial charge on any atom is 0.412 e. The van der Waals surface area contributed by atoms with E-state index in [9.17, 15) is 9.59 Å². The zero-order valence-corrected chi connectivity index (χ0v) is 18.8. The van der Waals surface area contributed by atoms with Crippen LogP contribution in [0.3, 0.4) is 0 Å². The van der Waals surface area contributed by atoms with Gasteiger partial charge in [0.05, 0.1) is 12.3 Å². The Bertz CT molecular complexity index is 715. The number of aliphatic hydroxyl groups excluding tert-OH is 1. The molecular weight excluding hydrogens is 374 g/mol. The Kier molecular flexibility index (Phi) is 12.1. The predicted molar refractivity (Wildman–Crippen MR) is 117 cm³/mol. The van der Waals surface area contributed by atoms with Crippen LogP contribution in [0.2, 0.25) is 0 Å². The van der Waals surface area contributed by atoms with Gasteiger partial charge in [-0.3, -0.25) is 10.1 Å². The number of Topliss-reactive ketones (excluding diaryl/α,β-unsaturated/α-hetero) is 1. The molecule has 0 fully saturated rings. The molecular formula is C22H33NO4S. The molecule has 1 aromatic heterocycles. The Morgan fingerprint density at radius 1 is 1.04 bits per heavy atom. The van der Waals surface area contributed by atoms with Crippen LogP contribution in [0.25, 0.3) is 0 Å². The first-order chi connectivity index (χ1) is 13.3. The van der Waals surface area contributed by atoms with Crippen molar-refractivity contribution in [3.63, 3.8) is 0 Å². The molecule has 2 aromatic rings. The highest BCUT2D eigenvalue weighted by molar-refractivity contribution is 7.08. The topological polar surface area (TPSA) is 75.6 Å². The summed E-state index contributed by atoms with van der Waals surface area (Å²) in [4.78, 5) is 24.2. The molecule has 1 amide bonds. The second-order valence-corrected chi connectivity index (χ2v) is 7.14. The molecule has 28 heavy (non-hydrogen) atoms.